The zero-order chi connectivity index (χ0) is 16.9. The van der Waals surface area contributed by atoms with E-state index in [9.17, 15) is 0 Å². The summed E-state index contributed by atoms with van der Waals surface area (Å²) in [7, 11) is 0. The number of pyridine rings is 1. The molecule has 6 heteroatoms. The highest BCUT2D eigenvalue weighted by atomic mass is 35.5. The molecule has 0 spiro atoms. The van der Waals surface area contributed by atoms with Gasteiger partial charge in [-0.1, -0.05) is 23.7 Å². The van der Waals surface area contributed by atoms with Gasteiger partial charge >= 0.3 is 0 Å². The Kier molecular flexibility index (Phi) is 5.19. The van der Waals surface area contributed by atoms with Gasteiger partial charge < -0.3 is 15.0 Å². The minimum atomic E-state index is 0.0571. The molecule has 1 saturated heterocycles. The molecule has 124 valence electrons. The fraction of sp³-hybridized carbons (Fsp3) is 0.333. The summed E-state index contributed by atoms with van der Waals surface area (Å²) in [6.07, 6.45) is 1.52. The van der Waals surface area contributed by atoms with Crippen molar-refractivity contribution in [1.29, 1.82) is 5.26 Å². The molecule has 1 aliphatic heterocycles. The Bertz CT molecular complexity index is 736. The lowest BCUT2D eigenvalue weighted by atomic mass is 10.1. The van der Waals surface area contributed by atoms with Crippen LogP contribution in [-0.2, 0) is 4.74 Å². The Hall–Kier alpha value is -2.29. The SMILES string of the molecule is CC(Nc1ncc(C#N)cc1Cl)c1ccc(N2CCOCC2)cc1. The van der Waals surface area contributed by atoms with E-state index in [1.807, 2.05) is 6.07 Å². The zero-order valence-corrected chi connectivity index (χ0v) is 14.3. The molecular formula is C18H19ClN4O. The molecule has 2 heterocycles. The van der Waals surface area contributed by atoms with Gasteiger partial charge in [-0.15, -0.1) is 0 Å². The van der Waals surface area contributed by atoms with Crippen LogP contribution in [0.15, 0.2) is 36.5 Å². The van der Waals surface area contributed by atoms with Crippen LogP contribution in [0.5, 0.6) is 0 Å². The number of hydrogen-bond acceptors (Lipinski definition) is 5. The third-order valence-corrected chi connectivity index (χ3v) is 4.38. The van der Waals surface area contributed by atoms with Gasteiger partial charge in [0.2, 0.25) is 0 Å². The highest BCUT2D eigenvalue weighted by molar-refractivity contribution is 6.33. The summed E-state index contributed by atoms with van der Waals surface area (Å²) in [6.45, 7) is 5.47. The van der Waals surface area contributed by atoms with Gasteiger partial charge in [-0.25, -0.2) is 4.98 Å². The summed E-state index contributed by atoms with van der Waals surface area (Å²) < 4.78 is 5.39. The first kappa shape index (κ1) is 16.6. The summed E-state index contributed by atoms with van der Waals surface area (Å²) in [6, 6.07) is 12.2. The summed E-state index contributed by atoms with van der Waals surface area (Å²) in [5.74, 6) is 0.584. The third kappa shape index (κ3) is 3.78. The van der Waals surface area contributed by atoms with Gasteiger partial charge in [0, 0.05) is 31.0 Å². The number of nitrogens with one attached hydrogen (secondary N) is 1. The average Bonchev–Trinajstić information content (AvgIpc) is 2.64. The second-order valence-electron chi connectivity index (χ2n) is 5.72. The van der Waals surface area contributed by atoms with Crippen LogP contribution >= 0.6 is 11.6 Å². The molecule has 1 N–H and O–H groups in total. The van der Waals surface area contributed by atoms with Crippen molar-refractivity contribution in [3.05, 3.63) is 52.7 Å². The Morgan fingerprint density at radius 2 is 2.00 bits per heavy atom. The molecular weight excluding hydrogens is 324 g/mol. The van der Waals surface area contributed by atoms with E-state index in [1.165, 1.54) is 11.9 Å². The second-order valence-corrected chi connectivity index (χ2v) is 6.13. The fourth-order valence-electron chi connectivity index (χ4n) is 2.69. The monoisotopic (exact) mass is 342 g/mol. The number of rotatable bonds is 4. The van der Waals surface area contributed by atoms with Gasteiger partial charge in [0.1, 0.15) is 11.9 Å². The first-order chi connectivity index (χ1) is 11.7. The van der Waals surface area contributed by atoms with Crippen LogP contribution in [0.3, 0.4) is 0 Å². The van der Waals surface area contributed by atoms with Crippen molar-refractivity contribution in [2.45, 2.75) is 13.0 Å². The topological polar surface area (TPSA) is 61.2 Å². The average molecular weight is 343 g/mol. The summed E-state index contributed by atoms with van der Waals surface area (Å²) in [5.41, 5.74) is 2.81. The summed E-state index contributed by atoms with van der Waals surface area (Å²) >= 11 is 6.17. The molecule has 1 aromatic heterocycles. The number of aromatic nitrogens is 1. The molecule has 1 atom stereocenters. The summed E-state index contributed by atoms with van der Waals surface area (Å²) in [5, 5.41) is 12.6. The van der Waals surface area contributed by atoms with Crippen molar-refractivity contribution < 1.29 is 4.74 Å². The standard InChI is InChI=1S/C18H19ClN4O/c1-13(22-18-17(19)10-14(11-20)12-21-18)15-2-4-16(5-3-15)23-6-8-24-9-7-23/h2-5,10,12-13H,6-9H2,1H3,(H,21,22). The molecule has 0 amide bonds. The minimum absolute atomic E-state index is 0.0571. The third-order valence-electron chi connectivity index (χ3n) is 4.09. The molecule has 1 aromatic carbocycles. The molecule has 1 fully saturated rings. The molecule has 3 rings (SSSR count). The van der Waals surface area contributed by atoms with E-state index in [0.717, 1.165) is 31.9 Å². The molecule has 2 aromatic rings. The van der Waals surface area contributed by atoms with Crippen LogP contribution in [0.25, 0.3) is 0 Å². The predicted octanol–water partition coefficient (Wildman–Crippen LogP) is 3.62. The van der Waals surface area contributed by atoms with E-state index in [1.54, 1.807) is 6.07 Å². The van der Waals surface area contributed by atoms with Crippen molar-refractivity contribution in [3.8, 4) is 6.07 Å². The molecule has 0 aliphatic carbocycles. The van der Waals surface area contributed by atoms with Crippen molar-refractivity contribution in [3.63, 3.8) is 0 Å². The minimum Gasteiger partial charge on any atom is -0.378 e. The molecule has 1 aliphatic rings. The number of ether oxygens (including phenoxy) is 1. The smallest absolute Gasteiger partial charge is 0.145 e. The number of anilines is 2. The number of halogens is 1. The predicted molar refractivity (Wildman–Crippen MR) is 95.5 cm³/mol. The van der Waals surface area contributed by atoms with E-state index in [-0.39, 0.29) is 6.04 Å². The molecule has 24 heavy (non-hydrogen) atoms. The van der Waals surface area contributed by atoms with Gasteiger partial charge in [-0.3, -0.25) is 0 Å². The molecule has 1 unspecified atom stereocenters. The Morgan fingerprint density at radius 1 is 1.29 bits per heavy atom. The first-order valence-corrected chi connectivity index (χ1v) is 8.30. The number of morpholine rings is 1. The van der Waals surface area contributed by atoms with Crippen LogP contribution in [0.4, 0.5) is 11.5 Å². The molecule has 0 radical (unpaired) electrons. The van der Waals surface area contributed by atoms with Crippen LogP contribution in [0.1, 0.15) is 24.1 Å². The van der Waals surface area contributed by atoms with Crippen molar-refractivity contribution in [1.82, 2.24) is 4.98 Å². The van der Waals surface area contributed by atoms with Crippen molar-refractivity contribution >= 4 is 23.1 Å². The van der Waals surface area contributed by atoms with Crippen molar-refractivity contribution in [2.75, 3.05) is 36.5 Å². The quantitative estimate of drug-likeness (QED) is 0.919. The van der Waals surface area contributed by atoms with Crippen LogP contribution < -0.4 is 10.2 Å². The molecule has 5 nitrogen and oxygen atoms in total. The van der Waals surface area contributed by atoms with Gasteiger partial charge in [-0.05, 0) is 30.7 Å². The molecule has 0 bridgehead atoms. The lowest BCUT2D eigenvalue weighted by Crippen LogP contribution is -2.36. The number of nitriles is 1. The maximum Gasteiger partial charge on any atom is 0.145 e. The zero-order valence-electron chi connectivity index (χ0n) is 13.5. The number of benzene rings is 1. The highest BCUT2D eigenvalue weighted by Gasteiger charge is 2.13. The molecule has 0 saturated carbocycles. The van der Waals surface area contributed by atoms with Gasteiger partial charge in [0.05, 0.1) is 23.8 Å². The van der Waals surface area contributed by atoms with Crippen LogP contribution in [-0.4, -0.2) is 31.3 Å². The largest absolute Gasteiger partial charge is 0.378 e. The lowest BCUT2D eigenvalue weighted by Gasteiger charge is -2.29. The highest BCUT2D eigenvalue weighted by Crippen LogP contribution is 2.26. The maximum absolute atomic E-state index is 8.87. The first-order valence-electron chi connectivity index (χ1n) is 7.92. The second kappa shape index (κ2) is 7.52. The Labute approximate surface area is 146 Å². The van der Waals surface area contributed by atoms with Gasteiger partial charge in [0.15, 0.2) is 0 Å². The summed E-state index contributed by atoms with van der Waals surface area (Å²) in [4.78, 5) is 6.54. The van der Waals surface area contributed by atoms with E-state index in [2.05, 4.69) is 46.4 Å². The normalized spacial score (nSPS) is 15.6. The Morgan fingerprint density at radius 3 is 2.62 bits per heavy atom. The van der Waals surface area contributed by atoms with Crippen LogP contribution in [0.2, 0.25) is 5.02 Å². The Balaban J connectivity index is 1.68. The van der Waals surface area contributed by atoms with E-state index in [0.29, 0.717) is 16.4 Å². The van der Waals surface area contributed by atoms with E-state index >= 15 is 0 Å². The maximum atomic E-state index is 8.87. The van der Waals surface area contributed by atoms with Gasteiger partial charge in [0.25, 0.3) is 0 Å². The van der Waals surface area contributed by atoms with Crippen molar-refractivity contribution in [2.24, 2.45) is 0 Å². The van der Waals surface area contributed by atoms with E-state index < -0.39 is 0 Å². The number of hydrogen-bond donors (Lipinski definition) is 1. The number of nitrogens with zero attached hydrogens (tertiary/aromatic N) is 3. The van der Waals surface area contributed by atoms with E-state index in [4.69, 9.17) is 21.6 Å². The lowest BCUT2D eigenvalue weighted by molar-refractivity contribution is 0.122. The fourth-order valence-corrected chi connectivity index (χ4v) is 2.91. The van der Waals surface area contributed by atoms with Crippen LogP contribution in [0, 0.1) is 11.3 Å². The van der Waals surface area contributed by atoms with Gasteiger partial charge in [-0.2, -0.15) is 5.26 Å².